The highest BCUT2D eigenvalue weighted by Gasteiger charge is 2.42. The Balaban J connectivity index is 2.12. The van der Waals surface area contributed by atoms with E-state index < -0.39 is 0 Å². The zero-order chi connectivity index (χ0) is 12.7. The van der Waals surface area contributed by atoms with E-state index in [0.29, 0.717) is 25.9 Å². The van der Waals surface area contributed by atoms with E-state index in [9.17, 15) is 4.79 Å². The van der Waals surface area contributed by atoms with Gasteiger partial charge in [0.1, 0.15) is 5.84 Å². The van der Waals surface area contributed by atoms with Crippen molar-refractivity contribution < 1.29 is 10.0 Å². The fourth-order valence-corrected chi connectivity index (χ4v) is 1.85. The van der Waals surface area contributed by atoms with E-state index in [1.165, 1.54) is 0 Å². The molecule has 1 fully saturated rings. The maximum absolute atomic E-state index is 11.2. The third-order valence-corrected chi connectivity index (χ3v) is 3.04. The van der Waals surface area contributed by atoms with E-state index in [1.807, 2.05) is 6.92 Å². The predicted octanol–water partition coefficient (Wildman–Crippen LogP) is 0.0189. The predicted molar refractivity (Wildman–Crippen MR) is 65.9 cm³/mol. The van der Waals surface area contributed by atoms with Gasteiger partial charge in [0.15, 0.2) is 0 Å². The van der Waals surface area contributed by atoms with Crippen LogP contribution in [0.25, 0.3) is 0 Å². The molecule has 0 saturated heterocycles. The first-order valence-corrected chi connectivity index (χ1v) is 6.06. The Morgan fingerprint density at radius 3 is 2.76 bits per heavy atom. The molecule has 0 aromatic rings. The highest BCUT2D eigenvalue weighted by atomic mass is 16.4. The zero-order valence-corrected chi connectivity index (χ0v) is 10.3. The molecule has 0 bridgehead atoms. The van der Waals surface area contributed by atoms with Crippen LogP contribution in [0.15, 0.2) is 5.16 Å². The molecule has 1 rings (SSSR count). The third kappa shape index (κ3) is 5.04. The Labute approximate surface area is 102 Å². The Morgan fingerprint density at radius 1 is 1.53 bits per heavy atom. The van der Waals surface area contributed by atoms with Crippen molar-refractivity contribution in [2.75, 3.05) is 19.6 Å². The van der Waals surface area contributed by atoms with E-state index in [1.54, 1.807) is 0 Å². The molecule has 0 unspecified atom stereocenters. The topological polar surface area (TPSA) is 99.7 Å². The third-order valence-electron chi connectivity index (χ3n) is 3.04. The summed E-state index contributed by atoms with van der Waals surface area (Å²) in [6.07, 6.45) is 3.31. The summed E-state index contributed by atoms with van der Waals surface area (Å²) in [6.45, 7) is 4.07. The van der Waals surface area contributed by atoms with Crippen molar-refractivity contribution in [2.45, 2.75) is 32.6 Å². The molecule has 1 aliphatic rings. The SMILES string of the molecule is CCNC(=O)CCNCC1(CC(N)=NO)CC1. The van der Waals surface area contributed by atoms with Crippen molar-refractivity contribution >= 4 is 11.7 Å². The molecule has 17 heavy (non-hydrogen) atoms. The molecule has 0 spiro atoms. The van der Waals surface area contributed by atoms with Crippen molar-refractivity contribution in [1.82, 2.24) is 10.6 Å². The normalized spacial score (nSPS) is 17.8. The molecule has 98 valence electrons. The monoisotopic (exact) mass is 242 g/mol. The van der Waals surface area contributed by atoms with Gasteiger partial charge in [0.25, 0.3) is 0 Å². The van der Waals surface area contributed by atoms with Crippen LogP contribution in [0.4, 0.5) is 0 Å². The quantitative estimate of drug-likeness (QED) is 0.158. The molecular formula is C11H22N4O2. The molecule has 1 saturated carbocycles. The van der Waals surface area contributed by atoms with Gasteiger partial charge in [-0.25, -0.2) is 0 Å². The van der Waals surface area contributed by atoms with Gasteiger partial charge in [-0.3, -0.25) is 4.79 Å². The first-order valence-electron chi connectivity index (χ1n) is 6.06. The van der Waals surface area contributed by atoms with Gasteiger partial charge in [-0.15, -0.1) is 0 Å². The van der Waals surface area contributed by atoms with E-state index in [4.69, 9.17) is 10.9 Å². The summed E-state index contributed by atoms with van der Waals surface area (Å²) in [5, 5.41) is 17.5. The smallest absolute Gasteiger partial charge is 0.221 e. The van der Waals surface area contributed by atoms with Crippen LogP contribution in [0.2, 0.25) is 0 Å². The van der Waals surface area contributed by atoms with E-state index in [-0.39, 0.29) is 17.2 Å². The summed E-state index contributed by atoms with van der Waals surface area (Å²) in [5.41, 5.74) is 5.65. The molecule has 1 aliphatic carbocycles. The van der Waals surface area contributed by atoms with Gasteiger partial charge in [-0.05, 0) is 25.2 Å². The second-order valence-electron chi connectivity index (χ2n) is 4.65. The minimum atomic E-state index is 0.0706. The Morgan fingerprint density at radius 2 is 2.24 bits per heavy atom. The number of amidine groups is 1. The number of amides is 1. The van der Waals surface area contributed by atoms with E-state index >= 15 is 0 Å². The summed E-state index contributed by atoms with van der Waals surface area (Å²) in [7, 11) is 0. The van der Waals surface area contributed by atoms with E-state index in [0.717, 1.165) is 19.4 Å². The minimum Gasteiger partial charge on any atom is -0.409 e. The first-order chi connectivity index (χ1) is 8.12. The Bertz CT molecular complexity index is 287. The lowest BCUT2D eigenvalue weighted by atomic mass is 10.0. The lowest BCUT2D eigenvalue weighted by Crippen LogP contribution is -2.32. The fraction of sp³-hybridized carbons (Fsp3) is 0.818. The van der Waals surface area contributed by atoms with Gasteiger partial charge in [0, 0.05) is 32.5 Å². The van der Waals surface area contributed by atoms with Crippen LogP contribution in [0, 0.1) is 5.41 Å². The maximum atomic E-state index is 11.2. The first kappa shape index (κ1) is 13.8. The second kappa shape index (κ2) is 6.44. The largest absolute Gasteiger partial charge is 0.409 e. The molecule has 0 atom stereocenters. The second-order valence-corrected chi connectivity index (χ2v) is 4.65. The molecule has 0 aromatic heterocycles. The zero-order valence-electron chi connectivity index (χ0n) is 10.3. The fourth-order valence-electron chi connectivity index (χ4n) is 1.85. The molecule has 6 nitrogen and oxygen atoms in total. The molecule has 0 aliphatic heterocycles. The number of hydrogen-bond donors (Lipinski definition) is 4. The highest BCUT2D eigenvalue weighted by molar-refractivity contribution is 5.80. The van der Waals surface area contributed by atoms with Gasteiger partial charge < -0.3 is 21.6 Å². The number of nitrogens with one attached hydrogen (secondary N) is 2. The van der Waals surface area contributed by atoms with Crippen LogP contribution in [0.1, 0.15) is 32.6 Å². The van der Waals surface area contributed by atoms with Crippen LogP contribution in [0.5, 0.6) is 0 Å². The lowest BCUT2D eigenvalue weighted by Gasteiger charge is -2.14. The molecule has 5 N–H and O–H groups in total. The summed E-state index contributed by atoms with van der Waals surface area (Å²) >= 11 is 0. The summed E-state index contributed by atoms with van der Waals surface area (Å²) < 4.78 is 0. The van der Waals surface area contributed by atoms with Crippen LogP contribution < -0.4 is 16.4 Å². The van der Waals surface area contributed by atoms with Crippen molar-refractivity contribution in [3.8, 4) is 0 Å². The number of nitrogens with zero attached hydrogens (tertiary/aromatic N) is 1. The Hall–Kier alpha value is -1.30. The highest BCUT2D eigenvalue weighted by Crippen LogP contribution is 2.48. The van der Waals surface area contributed by atoms with Crippen molar-refractivity contribution in [2.24, 2.45) is 16.3 Å². The van der Waals surface area contributed by atoms with Gasteiger partial charge in [-0.2, -0.15) is 0 Å². The summed E-state index contributed by atoms with van der Waals surface area (Å²) in [4.78, 5) is 11.2. The molecular weight excluding hydrogens is 220 g/mol. The standard InChI is InChI=1S/C11H22N4O2/c1-2-14-10(16)3-6-13-8-11(4-5-11)7-9(12)15-17/h13,17H,2-8H2,1H3,(H2,12,15)(H,14,16). The average Bonchev–Trinajstić information content (AvgIpc) is 3.05. The van der Waals surface area contributed by atoms with Crippen LogP contribution >= 0.6 is 0 Å². The number of oxime groups is 1. The maximum Gasteiger partial charge on any atom is 0.221 e. The molecule has 0 heterocycles. The molecule has 0 aromatic carbocycles. The average molecular weight is 242 g/mol. The van der Waals surface area contributed by atoms with Gasteiger partial charge in [-0.1, -0.05) is 5.16 Å². The minimum absolute atomic E-state index is 0.0706. The summed E-state index contributed by atoms with van der Waals surface area (Å²) in [6, 6.07) is 0. The van der Waals surface area contributed by atoms with Crippen molar-refractivity contribution in [1.29, 1.82) is 0 Å². The van der Waals surface area contributed by atoms with Gasteiger partial charge in [0.2, 0.25) is 5.91 Å². The molecule has 6 heteroatoms. The number of rotatable bonds is 8. The number of carbonyl (C=O) groups excluding carboxylic acids is 1. The number of carbonyl (C=O) groups is 1. The molecule has 0 radical (unpaired) electrons. The number of nitrogens with two attached hydrogens (primary N) is 1. The Kier molecular flexibility index (Phi) is 5.21. The summed E-state index contributed by atoms with van der Waals surface area (Å²) in [5.74, 6) is 0.356. The van der Waals surface area contributed by atoms with Crippen molar-refractivity contribution in [3.63, 3.8) is 0 Å². The van der Waals surface area contributed by atoms with Gasteiger partial charge in [0.05, 0.1) is 0 Å². The van der Waals surface area contributed by atoms with Crippen LogP contribution in [-0.4, -0.2) is 36.6 Å². The van der Waals surface area contributed by atoms with Gasteiger partial charge >= 0.3 is 0 Å². The molecule has 1 amide bonds. The van der Waals surface area contributed by atoms with Crippen LogP contribution in [0.3, 0.4) is 0 Å². The lowest BCUT2D eigenvalue weighted by molar-refractivity contribution is -0.120. The van der Waals surface area contributed by atoms with Crippen molar-refractivity contribution in [3.05, 3.63) is 0 Å². The van der Waals surface area contributed by atoms with E-state index in [2.05, 4.69) is 15.8 Å². The van der Waals surface area contributed by atoms with Crippen LogP contribution in [-0.2, 0) is 4.79 Å². The number of hydrogen-bond acceptors (Lipinski definition) is 4.